The molecule has 3 heterocycles. The van der Waals surface area contributed by atoms with Crippen molar-refractivity contribution in [3.05, 3.63) is 47.3 Å². The Kier molecular flexibility index (Phi) is 5.44. The smallest absolute Gasteiger partial charge is 0.273 e. The van der Waals surface area contributed by atoms with Gasteiger partial charge in [0.15, 0.2) is 0 Å². The van der Waals surface area contributed by atoms with E-state index in [1.165, 1.54) is 0 Å². The molecule has 0 radical (unpaired) electrons. The van der Waals surface area contributed by atoms with Crippen LogP contribution in [0.3, 0.4) is 0 Å². The zero-order chi connectivity index (χ0) is 22.5. The van der Waals surface area contributed by atoms with Gasteiger partial charge in [0.25, 0.3) is 5.91 Å². The molecule has 1 fully saturated rings. The van der Waals surface area contributed by atoms with Crippen LogP contribution in [0.4, 0.5) is 0 Å². The van der Waals surface area contributed by atoms with E-state index in [1.807, 2.05) is 67.6 Å². The summed E-state index contributed by atoms with van der Waals surface area (Å²) >= 11 is 0. The first-order valence-electron chi connectivity index (χ1n) is 11.4. The second-order valence-corrected chi connectivity index (χ2v) is 10.3. The number of rotatable bonds is 3. The molecule has 6 nitrogen and oxygen atoms in total. The minimum atomic E-state index is -0.415. The van der Waals surface area contributed by atoms with E-state index < -0.39 is 5.41 Å². The third-order valence-corrected chi connectivity index (χ3v) is 6.49. The molecule has 6 heteroatoms. The van der Waals surface area contributed by atoms with Crippen LogP contribution in [-0.2, 0) is 4.79 Å². The highest BCUT2D eigenvalue weighted by molar-refractivity contribution is 5.99. The molecule has 166 valence electrons. The minimum Gasteiger partial charge on any atom is -0.340 e. The summed E-state index contributed by atoms with van der Waals surface area (Å²) in [5, 5.41) is 4.75. The fraction of sp³-hybridized carbons (Fsp3) is 0.560. The van der Waals surface area contributed by atoms with Crippen molar-refractivity contribution in [1.29, 1.82) is 0 Å². The highest BCUT2D eigenvalue weighted by Crippen LogP contribution is 2.43. The van der Waals surface area contributed by atoms with Crippen LogP contribution in [0, 0.1) is 18.3 Å². The number of hydrogen-bond acceptors (Lipinski definition) is 3. The summed E-state index contributed by atoms with van der Waals surface area (Å²) in [5.74, 6) is 0.452. The maximum atomic E-state index is 13.9. The zero-order valence-corrected chi connectivity index (χ0v) is 19.6. The summed E-state index contributed by atoms with van der Waals surface area (Å²) in [7, 11) is 0. The van der Waals surface area contributed by atoms with Gasteiger partial charge in [-0.3, -0.25) is 9.59 Å². The van der Waals surface area contributed by atoms with Crippen molar-refractivity contribution >= 4 is 11.8 Å². The molecular formula is C25H34N4O2. The van der Waals surface area contributed by atoms with Gasteiger partial charge in [0.05, 0.1) is 23.5 Å². The number of amides is 2. The van der Waals surface area contributed by atoms with Gasteiger partial charge in [0, 0.05) is 24.1 Å². The Morgan fingerprint density at radius 3 is 2.45 bits per heavy atom. The number of hydrogen-bond donors (Lipinski definition) is 0. The quantitative estimate of drug-likeness (QED) is 0.738. The summed E-state index contributed by atoms with van der Waals surface area (Å²) in [6, 6.07) is 9.87. The number of para-hydroxylation sites is 1. The molecule has 2 aliphatic rings. The Morgan fingerprint density at radius 2 is 1.84 bits per heavy atom. The predicted octanol–water partition coefficient (Wildman–Crippen LogP) is 4.37. The van der Waals surface area contributed by atoms with Crippen molar-refractivity contribution < 1.29 is 9.59 Å². The SMILES string of the molecule is Cc1nn(-c2ccccc2)c2c1C(C(C)C)N(C1CCCN(C(=O)C(C)(C)C)C1)C2=O. The number of likely N-dealkylation sites (tertiary alicyclic amines) is 1. The summed E-state index contributed by atoms with van der Waals surface area (Å²) in [6.07, 6.45) is 1.84. The summed E-state index contributed by atoms with van der Waals surface area (Å²) < 4.78 is 1.81. The van der Waals surface area contributed by atoms with E-state index in [4.69, 9.17) is 5.10 Å². The van der Waals surface area contributed by atoms with Crippen LogP contribution < -0.4 is 0 Å². The number of nitrogens with zero attached hydrogens (tertiary/aromatic N) is 4. The number of piperidine rings is 1. The van der Waals surface area contributed by atoms with Crippen LogP contribution in [0.2, 0.25) is 0 Å². The van der Waals surface area contributed by atoms with Gasteiger partial charge in [0.1, 0.15) is 5.69 Å². The van der Waals surface area contributed by atoms with Gasteiger partial charge in [-0.25, -0.2) is 4.68 Å². The fourth-order valence-corrected chi connectivity index (χ4v) is 5.13. The highest BCUT2D eigenvalue weighted by Gasteiger charge is 2.47. The molecule has 2 amide bonds. The van der Waals surface area contributed by atoms with Crippen molar-refractivity contribution in [3.63, 3.8) is 0 Å². The van der Waals surface area contributed by atoms with Crippen LogP contribution in [-0.4, -0.2) is 50.5 Å². The molecule has 0 spiro atoms. The molecule has 1 aromatic carbocycles. The standard InChI is InChI=1S/C25H34N4O2/c1-16(2)21-20-17(3)26-29(18-11-8-7-9-12-18)22(20)23(30)28(21)19-13-10-14-27(15-19)24(31)25(4,5)6/h7-9,11-12,16,19,21H,10,13-15H2,1-6H3. The first-order chi connectivity index (χ1) is 14.6. The van der Waals surface area contributed by atoms with Gasteiger partial charge in [-0.15, -0.1) is 0 Å². The summed E-state index contributed by atoms with van der Waals surface area (Å²) in [5.41, 5.74) is 3.12. The zero-order valence-electron chi connectivity index (χ0n) is 19.6. The van der Waals surface area contributed by atoms with Crippen molar-refractivity contribution in [3.8, 4) is 5.69 Å². The summed E-state index contributed by atoms with van der Waals surface area (Å²) in [6.45, 7) is 13.6. The van der Waals surface area contributed by atoms with Crippen molar-refractivity contribution in [1.82, 2.24) is 19.6 Å². The highest BCUT2D eigenvalue weighted by atomic mass is 16.2. The van der Waals surface area contributed by atoms with Gasteiger partial charge in [0.2, 0.25) is 5.91 Å². The largest absolute Gasteiger partial charge is 0.340 e. The molecule has 0 aliphatic carbocycles. The molecule has 4 rings (SSSR count). The fourth-order valence-electron chi connectivity index (χ4n) is 5.13. The third-order valence-electron chi connectivity index (χ3n) is 6.49. The third kappa shape index (κ3) is 3.66. The Labute approximate surface area is 185 Å². The summed E-state index contributed by atoms with van der Waals surface area (Å²) in [4.78, 5) is 30.8. The van der Waals surface area contributed by atoms with Crippen LogP contribution >= 0.6 is 0 Å². The van der Waals surface area contributed by atoms with Crippen LogP contribution in [0.15, 0.2) is 30.3 Å². The lowest BCUT2D eigenvalue weighted by Crippen LogP contribution is -2.53. The maximum absolute atomic E-state index is 13.9. The van der Waals surface area contributed by atoms with Crippen molar-refractivity contribution in [2.75, 3.05) is 13.1 Å². The molecule has 2 atom stereocenters. The van der Waals surface area contributed by atoms with E-state index in [0.717, 1.165) is 36.3 Å². The van der Waals surface area contributed by atoms with E-state index in [1.54, 1.807) is 0 Å². The van der Waals surface area contributed by atoms with Crippen molar-refractivity contribution in [2.24, 2.45) is 11.3 Å². The molecule has 1 aromatic heterocycles. The number of fused-ring (bicyclic) bond motifs is 1. The molecule has 2 aromatic rings. The molecule has 1 saturated heterocycles. The van der Waals surface area contributed by atoms with Crippen LogP contribution in [0.5, 0.6) is 0 Å². The minimum absolute atomic E-state index is 0.0188. The Bertz CT molecular complexity index is 987. The van der Waals surface area contributed by atoms with Gasteiger partial charge in [-0.2, -0.15) is 5.10 Å². The van der Waals surface area contributed by atoms with Gasteiger partial charge < -0.3 is 9.80 Å². The van der Waals surface area contributed by atoms with E-state index in [0.29, 0.717) is 12.2 Å². The number of carbonyl (C=O) groups excluding carboxylic acids is 2. The maximum Gasteiger partial charge on any atom is 0.273 e. The monoisotopic (exact) mass is 422 g/mol. The Morgan fingerprint density at radius 1 is 1.16 bits per heavy atom. The molecular weight excluding hydrogens is 388 g/mol. The first-order valence-corrected chi connectivity index (χ1v) is 11.4. The molecule has 0 bridgehead atoms. The number of carbonyl (C=O) groups is 2. The lowest BCUT2D eigenvalue weighted by atomic mass is 9.91. The average Bonchev–Trinajstić information content (AvgIpc) is 3.23. The van der Waals surface area contributed by atoms with Crippen molar-refractivity contribution in [2.45, 2.75) is 66.5 Å². The normalized spacial score (nSPS) is 21.7. The Balaban J connectivity index is 1.72. The van der Waals surface area contributed by atoms with Gasteiger partial charge >= 0.3 is 0 Å². The lowest BCUT2D eigenvalue weighted by Gasteiger charge is -2.43. The second kappa shape index (κ2) is 7.81. The first kappa shape index (κ1) is 21.6. The van der Waals surface area contributed by atoms with Crippen LogP contribution in [0.25, 0.3) is 5.69 Å². The molecule has 31 heavy (non-hydrogen) atoms. The average molecular weight is 423 g/mol. The number of aromatic nitrogens is 2. The van der Waals surface area contributed by atoms with E-state index in [-0.39, 0.29) is 29.8 Å². The number of aryl methyl sites for hydroxylation is 1. The van der Waals surface area contributed by atoms with E-state index in [2.05, 4.69) is 18.7 Å². The molecule has 2 unspecified atom stereocenters. The van der Waals surface area contributed by atoms with Crippen LogP contribution in [0.1, 0.15) is 75.2 Å². The lowest BCUT2D eigenvalue weighted by molar-refractivity contribution is -0.141. The molecule has 0 saturated carbocycles. The second-order valence-electron chi connectivity index (χ2n) is 10.3. The van der Waals surface area contributed by atoms with E-state index >= 15 is 0 Å². The number of benzene rings is 1. The van der Waals surface area contributed by atoms with Gasteiger partial charge in [-0.05, 0) is 37.8 Å². The predicted molar refractivity (Wildman–Crippen MR) is 121 cm³/mol. The van der Waals surface area contributed by atoms with E-state index in [9.17, 15) is 9.59 Å². The molecule has 2 aliphatic heterocycles. The molecule has 0 N–H and O–H groups in total. The van der Waals surface area contributed by atoms with Gasteiger partial charge in [-0.1, -0.05) is 52.8 Å². The Hall–Kier alpha value is -2.63. The topological polar surface area (TPSA) is 58.4 Å².